The summed E-state index contributed by atoms with van der Waals surface area (Å²) in [6, 6.07) is 5.84. The van der Waals surface area contributed by atoms with Crippen LogP contribution in [0.2, 0.25) is 0 Å². The van der Waals surface area contributed by atoms with Crippen molar-refractivity contribution >= 4 is 11.9 Å². The number of carbonyl (C=O) groups is 2. The Labute approximate surface area is 159 Å². The van der Waals surface area contributed by atoms with Gasteiger partial charge in [0.15, 0.2) is 0 Å². The van der Waals surface area contributed by atoms with Crippen LogP contribution in [0.1, 0.15) is 24.3 Å². The number of alkyl halides is 3. The molecule has 28 heavy (non-hydrogen) atoms. The lowest BCUT2D eigenvalue weighted by Crippen LogP contribution is -2.45. The van der Waals surface area contributed by atoms with Gasteiger partial charge in [-0.3, -0.25) is 9.59 Å². The first-order valence-corrected chi connectivity index (χ1v) is 9.16. The first kappa shape index (κ1) is 19.0. The van der Waals surface area contributed by atoms with E-state index in [4.69, 9.17) is 4.74 Å². The Balaban J connectivity index is 1.48. The number of carboxylic acid groups (broad SMARTS) is 1. The topological polar surface area (TPSA) is 76.1 Å². The first-order valence-electron chi connectivity index (χ1n) is 9.16. The van der Waals surface area contributed by atoms with Crippen LogP contribution >= 0.6 is 0 Å². The monoisotopic (exact) mass is 399 g/mol. The molecule has 4 atom stereocenters. The maximum atomic E-state index is 12.9. The molecule has 1 saturated carbocycles. The van der Waals surface area contributed by atoms with E-state index in [-0.39, 0.29) is 30.0 Å². The maximum Gasteiger partial charge on any atom is 0.573 e. The van der Waals surface area contributed by atoms with Crippen LogP contribution in [0.3, 0.4) is 0 Å². The van der Waals surface area contributed by atoms with E-state index in [1.54, 1.807) is 11.0 Å². The predicted octanol–water partition coefficient (Wildman–Crippen LogP) is 2.64. The SMILES string of the molecule is O=C(C1CC1c1ccccc1OC(F)(F)F)N1C[C@H]2COCC[C@@]2(C(=O)O)C1. The normalized spacial score (nSPS) is 32.0. The Morgan fingerprint density at radius 2 is 2.04 bits per heavy atom. The van der Waals surface area contributed by atoms with Crippen LogP contribution in [-0.4, -0.2) is 54.5 Å². The Kier molecular flexibility index (Phi) is 4.52. The zero-order valence-corrected chi connectivity index (χ0v) is 14.9. The Morgan fingerprint density at radius 3 is 2.71 bits per heavy atom. The fraction of sp³-hybridized carbons (Fsp3) is 0.579. The van der Waals surface area contributed by atoms with Crippen molar-refractivity contribution in [3.8, 4) is 5.75 Å². The number of rotatable bonds is 4. The van der Waals surface area contributed by atoms with Crippen molar-refractivity contribution in [2.45, 2.75) is 25.1 Å². The van der Waals surface area contributed by atoms with Gasteiger partial charge in [0.25, 0.3) is 0 Å². The molecular weight excluding hydrogens is 379 g/mol. The summed E-state index contributed by atoms with van der Waals surface area (Å²) in [5, 5.41) is 9.71. The first-order chi connectivity index (χ1) is 13.2. The molecule has 152 valence electrons. The molecule has 0 radical (unpaired) electrons. The largest absolute Gasteiger partial charge is 0.573 e. The highest BCUT2D eigenvalue weighted by atomic mass is 19.4. The van der Waals surface area contributed by atoms with Gasteiger partial charge in [0, 0.05) is 31.5 Å². The molecule has 2 aliphatic heterocycles. The van der Waals surface area contributed by atoms with E-state index in [1.807, 2.05) is 0 Å². The number of para-hydroxylation sites is 1. The number of hydrogen-bond donors (Lipinski definition) is 1. The molecule has 1 N–H and O–H groups in total. The second-order valence-electron chi connectivity index (χ2n) is 7.74. The Morgan fingerprint density at radius 1 is 1.29 bits per heavy atom. The van der Waals surface area contributed by atoms with Gasteiger partial charge in [-0.2, -0.15) is 0 Å². The number of benzene rings is 1. The molecule has 0 bridgehead atoms. The molecule has 1 aliphatic carbocycles. The molecule has 2 unspecified atom stereocenters. The number of amides is 1. The number of ether oxygens (including phenoxy) is 2. The smallest absolute Gasteiger partial charge is 0.481 e. The third-order valence-electron chi connectivity index (χ3n) is 6.10. The van der Waals surface area contributed by atoms with Gasteiger partial charge in [0.1, 0.15) is 5.75 Å². The van der Waals surface area contributed by atoms with E-state index >= 15 is 0 Å². The standard InChI is InChI=1S/C19H20F3NO5/c20-19(21,22)28-15-4-2-1-3-12(15)13-7-14(13)16(24)23-8-11-9-27-6-5-18(11,10-23)17(25)26/h1-4,11,13-14H,5-10H2,(H,25,26)/t11-,13?,14?,18+/m0/s1. The van der Waals surface area contributed by atoms with E-state index in [0.717, 1.165) is 0 Å². The van der Waals surface area contributed by atoms with Crippen LogP contribution in [0.15, 0.2) is 24.3 Å². The van der Waals surface area contributed by atoms with Crippen LogP contribution in [0.5, 0.6) is 5.75 Å². The van der Waals surface area contributed by atoms with Gasteiger partial charge < -0.3 is 19.5 Å². The van der Waals surface area contributed by atoms with Crippen molar-refractivity contribution in [2.24, 2.45) is 17.3 Å². The van der Waals surface area contributed by atoms with Gasteiger partial charge in [-0.25, -0.2) is 0 Å². The lowest BCUT2D eigenvalue weighted by atomic mass is 9.74. The van der Waals surface area contributed by atoms with Crippen LogP contribution in [0.25, 0.3) is 0 Å². The molecule has 1 aromatic rings. The van der Waals surface area contributed by atoms with E-state index in [1.165, 1.54) is 18.2 Å². The molecule has 4 rings (SSSR count). The number of halogens is 3. The number of fused-ring (bicyclic) bond motifs is 1. The summed E-state index contributed by atoms with van der Waals surface area (Å²) >= 11 is 0. The summed E-state index contributed by atoms with van der Waals surface area (Å²) < 4.78 is 47.4. The summed E-state index contributed by atoms with van der Waals surface area (Å²) in [5.41, 5.74) is -0.638. The van der Waals surface area contributed by atoms with Gasteiger partial charge in [-0.1, -0.05) is 18.2 Å². The van der Waals surface area contributed by atoms with Crippen molar-refractivity contribution in [3.05, 3.63) is 29.8 Å². The number of hydrogen-bond acceptors (Lipinski definition) is 4. The summed E-state index contributed by atoms with van der Waals surface area (Å²) in [5.74, 6) is -2.49. The molecule has 2 heterocycles. The molecule has 1 aromatic carbocycles. The molecule has 9 heteroatoms. The summed E-state index contributed by atoms with van der Waals surface area (Å²) in [6.45, 7) is 1.07. The van der Waals surface area contributed by atoms with Gasteiger partial charge in [-0.15, -0.1) is 13.2 Å². The van der Waals surface area contributed by atoms with Gasteiger partial charge in [0.05, 0.1) is 12.0 Å². The van der Waals surface area contributed by atoms with Crippen LogP contribution in [0.4, 0.5) is 13.2 Å². The number of carboxylic acids is 1. The average Bonchev–Trinajstić information content (AvgIpc) is 3.31. The zero-order chi connectivity index (χ0) is 20.1. The highest BCUT2D eigenvalue weighted by Crippen LogP contribution is 2.53. The lowest BCUT2D eigenvalue weighted by Gasteiger charge is -2.33. The van der Waals surface area contributed by atoms with Crippen molar-refractivity contribution in [3.63, 3.8) is 0 Å². The predicted molar refractivity (Wildman–Crippen MR) is 89.5 cm³/mol. The third-order valence-corrected chi connectivity index (χ3v) is 6.10. The highest BCUT2D eigenvalue weighted by Gasteiger charge is 2.57. The summed E-state index contributed by atoms with van der Waals surface area (Å²) in [6.07, 6.45) is -4.02. The van der Waals surface area contributed by atoms with Crippen molar-refractivity contribution < 1.29 is 37.3 Å². The fourth-order valence-electron chi connectivity index (χ4n) is 4.52. The van der Waals surface area contributed by atoms with Crippen molar-refractivity contribution in [1.29, 1.82) is 0 Å². The van der Waals surface area contributed by atoms with Gasteiger partial charge >= 0.3 is 12.3 Å². The van der Waals surface area contributed by atoms with Crippen LogP contribution in [0, 0.1) is 17.3 Å². The number of carbonyl (C=O) groups excluding carboxylic acids is 1. The van der Waals surface area contributed by atoms with Gasteiger partial charge in [0.2, 0.25) is 5.91 Å². The summed E-state index contributed by atoms with van der Waals surface area (Å²) in [4.78, 5) is 26.3. The maximum absolute atomic E-state index is 12.9. The van der Waals surface area contributed by atoms with E-state index in [9.17, 15) is 27.9 Å². The number of likely N-dealkylation sites (tertiary alicyclic amines) is 1. The van der Waals surface area contributed by atoms with Crippen LogP contribution in [-0.2, 0) is 14.3 Å². The van der Waals surface area contributed by atoms with Crippen molar-refractivity contribution in [1.82, 2.24) is 4.90 Å². The quantitative estimate of drug-likeness (QED) is 0.843. The average molecular weight is 399 g/mol. The van der Waals surface area contributed by atoms with E-state index < -0.39 is 23.7 Å². The Bertz CT molecular complexity index is 798. The van der Waals surface area contributed by atoms with E-state index in [2.05, 4.69) is 4.74 Å². The van der Waals surface area contributed by atoms with Crippen LogP contribution < -0.4 is 4.74 Å². The Hall–Kier alpha value is -2.29. The van der Waals surface area contributed by atoms with Gasteiger partial charge in [-0.05, 0) is 30.4 Å². The molecule has 6 nitrogen and oxygen atoms in total. The molecular formula is C19H20F3NO5. The minimum atomic E-state index is -4.80. The number of aliphatic carboxylic acids is 1. The zero-order valence-electron chi connectivity index (χ0n) is 14.9. The van der Waals surface area contributed by atoms with Crippen molar-refractivity contribution in [2.75, 3.05) is 26.3 Å². The minimum absolute atomic E-state index is 0.124. The second kappa shape index (κ2) is 6.65. The lowest BCUT2D eigenvalue weighted by molar-refractivity contribution is -0.274. The molecule has 0 spiro atoms. The molecule has 3 aliphatic rings. The molecule has 1 amide bonds. The van der Waals surface area contributed by atoms with E-state index in [0.29, 0.717) is 38.2 Å². The second-order valence-corrected chi connectivity index (χ2v) is 7.74. The number of nitrogens with zero attached hydrogens (tertiary/aromatic N) is 1. The minimum Gasteiger partial charge on any atom is -0.481 e. The highest BCUT2D eigenvalue weighted by molar-refractivity contribution is 5.85. The molecule has 3 fully saturated rings. The molecule has 2 saturated heterocycles. The molecule has 0 aromatic heterocycles. The third kappa shape index (κ3) is 3.32. The summed E-state index contributed by atoms with van der Waals surface area (Å²) in [7, 11) is 0. The fourth-order valence-corrected chi connectivity index (χ4v) is 4.52.